The molecule has 1 heterocycles. The molecule has 0 aliphatic carbocycles. The van der Waals surface area contributed by atoms with Gasteiger partial charge in [-0.15, -0.1) is 0 Å². The maximum absolute atomic E-state index is 13.2. The van der Waals surface area contributed by atoms with E-state index in [-0.39, 0.29) is 21.8 Å². The molecule has 23 heavy (non-hydrogen) atoms. The van der Waals surface area contributed by atoms with E-state index in [0.717, 1.165) is 24.4 Å². The Morgan fingerprint density at radius 3 is 2.70 bits per heavy atom. The molecule has 0 radical (unpaired) electrons. The SMILES string of the molecule is Cn1cc(S(=O)(=O)Cl)cc1C(=O)ONc1ccc(F)c(C#N)c1. The molecule has 1 aromatic heterocycles. The lowest BCUT2D eigenvalue weighted by atomic mass is 10.2. The van der Waals surface area contributed by atoms with Crippen LogP contribution in [0.2, 0.25) is 0 Å². The summed E-state index contributed by atoms with van der Waals surface area (Å²) >= 11 is 0. The van der Waals surface area contributed by atoms with Crippen molar-refractivity contribution in [3.05, 3.63) is 47.5 Å². The van der Waals surface area contributed by atoms with E-state index in [9.17, 15) is 17.6 Å². The summed E-state index contributed by atoms with van der Waals surface area (Å²) in [6.45, 7) is 0. The van der Waals surface area contributed by atoms with Crippen molar-refractivity contribution >= 4 is 31.4 Å². The summed E-state index contributed by atoms with van der Waals surface area (Å²) in [5, 5.41) is 8.72. The van der Waals surface area contributed by atoms with Gasteiger partial charge in [0.25, 0.3) is 9.05 Å². The van der Waals surface area contributed by atoms with Gasteiger partial charge in [0.15, 0.2) is 0 Å². The van der Waals surface area contributed by atoms with Crippen molar-refractivity contribution in [2.45, 2.75) is 4.90 Å². The van der Waals surface area contributed by atoms with Gasteiger partial charge in [0.2, 0.25) is 0 Å². The molecule has 0 saturated heterocycles. The van der Waals surface area contributed by atoms with E-state index in [1.54, 1.807) is 6.07 Å². The standard InChI is InChI=1S/C13H9ClFN3O4S/c1-18-7-10(23(14,20)21)5-12(18)13(19)22-17-9-2-3-11(15)8(4-9)6-16/h2-5,7,17H,1H3. The van der Waals surface area contributed by atoms with Crippen LogP contribution >= 0.6 is 10.7 Å². The molecular weight excluding hydrogens is 349 g/mol. The van der Waals surface area contributed by atoms with Crippen molar-refractivity contribution in [1.29, 1.82) is 5.26 Å². The van der Waals surface area contributed by atoms with Crippen LogP contribution in [-0.4, -0.2) is 19.0 Å². The quantitative estimate of drug-likeness (QED) is 0.664. The van der Waals surface area contributed by atoms with E-state index < -0.39 is 20.8 Å². The summed E-state index contributed by atoms with van der Waals surface area (Å²) < 4.78 is 36.8. The molecule has 0 saturated carbocycles. The zero-order valence-corrected chi connectivity index (χ0v) is 13.2. The third kappa shape index (κ3) is 3.80. The molecule has 0 unspecified atom stereocenters. The molecule has 0 atom stereocenters. The number of carbonyl (C=O) groups excluding carboxylic acids is 1. The van der Waals surface area contributed by atoms with Gasteiger partial charge in [0.1, 0.15) is 22.5 Å². The summed E-state index contributed by atoms with van der Waals surface area (Å²) in [5.41, 5.74) is 2.14. The molecule has 0 amide bonds. The lowest BCUT2D eigenvalue weighted by molar-refractivity contribution is 0.0585. The average Bonchev–Trinajstić information content (AvgIpc) is 2.88. The first kappa shape index (κ1) is 16.8. The minimum atomic E-state index is -3.97. The van der Waals surface area contributed by atoms with Crippen LogP contribution in [0.4, 0.5) is 10.1 Å². The highest BCUT2D eigenvalue weighted by Gasteiger charge is 2.20. The number of benzene rings is 1. The minimum Gasteiger partial charge on any atom is -0.344 e. The van der Waals surface area contributed by atoms with Crippen LogP contribution in [0.5, 0.6) is 0 Å². The van der Waals surface area contributed by atoms with Crippen LogP contribution in [0.15, 0.2) is 35.4 Å². The number of nitrogens with zero attached hydrogens (tertiary/aromatic N) is 2. The van der Waals surface area contributed by atoms with Crippen LogP contribution in [0.3, 0.4) is 0 Å². The first-order chi connectivity index (χ1) is 10.7. The van der Waals surface area contributed by atoms with Gasteiger partial charge in [-0.05, 0) is 24.3 Å². The number of aromatic nitrogens is 1. The molecular formula is C13H9ClFN3O4S. The van der Waals surface area contributed by atoms with E-state index in [1.807, 2.05) is 0 Å². The monoisotopic (exact) mass is 357 g/mol. The number of nitrogens with one attached hydrogen (secondary N) is 1. The van der Waals surface area contributed by atoms with Crippen molar-refractivity contribution in [3.8, 4) is 6.07 Å². The molecule has 1 aromatic carbocycles. The topological polar surface area (TPSA) is 101 Å². The molecule has 2 aromatic rings. The van der Waals surface area contributed by atoms with Crippen LogP contribution in [0, 0.1) is 17.1 Å². The van der Waals surface area contributed by atoms with Crippen molar-refractivity contribution < 1.29 is 22.4 Å². The van der Waals surface area contributed by atoms with Crippen molar-refractivity contribution in [1.82, 2.24) is 4.57 Å². The highest BCUT2D eigenvalue weighted by atomic mass is 35.7. The summed E-state index contributed by atoms with van der Waals surface area (Å²) in [7, 11) is 2.66. The predicted molar refractivity (Wildman–Crippen MR) is 78.6 cm³/mol. The molecule has 0 bridgehead atoms. The fourth-order valence-corrected chi connectivity index (χ4v) is 2.49. The van der Waals surface area contributed by atoms with E-state index in [0.29, 0.717) is 0 Å². The zero-order chi connectivity index (χ0) is 17.2. The molecule has 0 spiro atoms. The van der Waals surface area contributed by atoms with E-state index in [2.05, 4.69) is 5.48 Å². The maximum atomic E-state index is 13.2. The summed E-state index contributed by atoms with van der Waals surface area (Å²) in [6.07, 6.45) is 1.16. The predicted octanol–water partition coefficient (Wildman–Crippen LogP) is 2.15. The number of hydrogen-bond acceptors (Lipinski definition) is 6. The Bertz CT molecular complexity index is 918. The number of anilines is 1. The smallest absolute Gasteiger partial charge is 0.344 e. The second kappa shape index (κ2) is 6.28. The van der Waals surface area contributed by atoms with Crippen LogP contribution in [0.1, 0.15) is 16.1 Å². The van der Waals surface area contributed by atoms with Gasteiger partial charge < -0.3 is 9.40 Å². The minimum absolute atomic E-state index is 0.0701. The van der Waals surface area contributed by atoms with Gasteiger partial charge in [-0.25, -0.2) is 23.1 Å². The molecule has 10 heteroatoms. The third-order valence-corrected chi connectivity index (χ3v) is 4.14. The Labute approximate surface area is 135 Å². The van der Waals surface area contributed by atoms with E-state index >= 15 is 0 Å². The molecule has 120 valence electrons. The normalized spacial score (nSPS) is 10.9. The maximum Gasteiger partial charge on any atom is 0.379 e. The van der Waals surface area contributed by atoms with Gasteiger partial charge in [0.05, 0.1) is 11.3 Å². The number of nitriles is 1. The highest BCUT2D eigenvalue weighted by molar-refractivity contribution is 8.13. The largest absolute Gasteiger partial charge is 0.379 e. The zero-order valence-electron chi connectivity index (χ0n) is 11.6. The molecule has 1 N–H and O–H groups in total. The fraction of sp³-hybridized carbons (Fsp3) is 0.0769. The number of hydrogen-bond donors (Lipinski definition) is 1. The highest BCUT2D eigenvalue weighted by Crippen LogP contribution is 2.19. The van der Waals surface area contributed by atoms with Crippen LogP contribution < -0.4 is 5.48 Å². The molecule has 0 aliphatic rings. The molecule has 2 rings (SSSR count). The lowest BCUT2D eigenvalue weighted by Crippen LogP contribution is -2.14. The van der Waals surface area contributed by atoms with Crippen molar-refractivity contribution in [2.24, 2.45) is 7.05 Å². The first-order valence-corrected chi connectivity index (χ1v) is 8.31. The molecule has 0 aliphatic heterocycles. The van der Waals surface area contributed by atoms with Gasteiger partial charge in [-0.2, -0.15) is 5.26 Å². The Hall–Kier alpha value is -2.57. The number of rotatable bonds is 4. The number of aryl methyl sites for hydroxylation is 1. The lowest BCUT2D eigenvalue weighted by Gasteiger charge is -2.07. The van der Waals surface area contributed by atoms with Gasteiger partial charge in [-0.3, -0.25) is 0 Å². The van der Waals surface area contributed by atoms with Gasteiger partial charge in [-0.1, -0.05) is 0 Å². The van der Waals surface area contributed by atoms with Gasteiger partial charge in [0, 0.05) is 23.9 Å². The van der Waals surface area contributed by atoms with Crippen molar-refractivity contribution in [3.63, 3.8) is 0 Å². The Morgan fingerprint density at radius 2 is 2.13 bits per heavy atom. The summed E-state index contributed by atoms with van der Waals surface area (Å²) in [5.74, 6) is -1.59. The Morgan fingerprint density at radius 1 is 1.43 bits per heavy atom. The van der Waals surface area contributed by atoms with Crippen molar-refractivity contribution in [2.75, 3.05) is 5.48 Å². The van der Waals surface area contributed by atoms with Gasteiger partial charge >= 0.3 is 5.97 Å². The van der Waals surface area contributed by atoms with Crippen LogP contribution in [0.25, 0.3) is 0 Å². The van der Waals surface area contributed by atoms with Crippen LogP contribution in [-0.2, 0) is 20.9 Å². The number of carbonyl (C=O) groups is 1. The van der Waals surface area contributed by atoms with E-state index in [4.69, 9.17) is 20.8 Å². The second-order valence-electron chi connectivity index (χ2n) is 4.41. The number of halogens is 2. The third-order valence-electron chi connectivity index (χ3n) is 2.82. The summed E-state index contributed by atoms with van der Waals surface area (Å²) in [6, 6.07) is 6.16. The fourth-order valence-electron chi connectivity index (χ4n) is 1.70. The Kier molecular flexibility index (Phi) is 4.58. The first-order valence-electron chi connectivity index (χ1n) is 6.00. The molecule has 7 nitrogen and oxygen atoms in total. The second-order valence-corrected chi connectivity index (χ2v) is 6.97. The summed E-state index contributed by atoms with van der Waals surface area (Å²) in [4.78, 5) is 16.5. The molecule has 0 fully saturated rings. The van der Waals surface area contributed by atoms with E-state index in [1.165, 1.54) is 17.7 Å². The average molecular weight is 358 g/mol. The Balaban J connectivity index is 2.15.